The number of likely N-dealkylation sites (tertiary alicyclic amines) is 1. The minimum absolute atomic E-state index is 0.0228. The van der Waals surface area contributed by atoms with Gasteiger partial charge in [-0.3, -0.25) is 14.3 Å². The molecule has 1 saturated heterocycles. The summed E-state index contributed by atoms with van der Waals surface area (Å²) in [5.41, 5.74) is 0.879. The highest BCUT2D eigenvalue weighted by atomic mass is 16.2. The van der Waals surface area contributed by atoms with E-state index in [2.05, 4.69) is 10.4 Å². The zero-order valence-electron chi connectivity index (χ0n) is 15.2. The Morgan fingerprint density at radius 2 is 2.08 bits per heavy atom. The van der Waals surface area contributed by atoms with Gasteiger partial charge in [-0.1, -0.05) is 18.2 Å². The van der Waals surface area contributed by atoms with Gasteiger partial charge in [0.05, 0.1) is 17.6 Å². The molecule has 1 fully saturated rings. The van der Waals surface area contributed by atoms with Crippen LogP contribution in [-0.4, -0.2) is 45.1 Å². The van der Waals surface area contributed by atoms with Crippen molar-refractivity contribution >= 4 is 22.7 Å². The van der Waals surface area contributed by atoms with Gasteiger partial charge in [0.25, 0.3) is 0 Å². The molecule has 2 aromatic rings. The molecule has 1 aromatic heterocycles. The average Bonchev–Trinajstić information content (AvgIpc) is 3.15. The number of aryl methyl sites for hydroxylation is 1. The van der Waals surface area contributed by atoms with E-state index in [1.54, 1.807) is 4.90 Å². The van der Waals surface area contributed by atoms with Gasteiger partial charge in [0.2, 0.25) is 11.8 Å². The van der Waals surface area contributed by atoms with Gasteiger partial charge in [-0.15, -0.1) is 0 Å². The molecule has 0 aliphatic carbocycles. The summed E-state index contributed by atoms with van der Waals surface area (Å²) in [7, 11) is 0. The summed E-state index contributed by atoms with van der Waals surface area (Å²) in [6.45, 7) is 7.86. The largest absolute Gasteiger partial charge is 0.356 e. The molecule has 1 aliphatic rings. The van der Waals surface area contributed by atoms with Crippen molar-refractivity contribution < 1.29 is 9.59 Å². The quantitative estimate of drug-likeness (QED) is 0.847. The van der Waals surface area contributed by atoms with Crippen molar-refractivity contribution in [2.75, 3.05) is 13.1 Å². The normalized spacial score (nSPS) is 18.1. The Morgan fingerprint density at radius 1 is 1.32 bits per heavy atom. The van der Waals surface area contributed by atoms with Crippen LogP contribution in [0.15, 0.2) is 30.5 Å². The van der Waals surface area contributed by atoms with Gasteiger partial charge in [0.15, 0.2) is 0 Å². The van der Waals surface area contributed by atoms with E-state index in [1.807, 2.05) is 55.9 Å². The van der Waals surface area contributed by atoms with Gasteiger partial charge in [-0.2, -0.15) is 5.10 Å². The van der Waals surface area contributed by atoms with Crippen molar-refractivity contribution in [2.45, 2.75) is 45.7 Å². The third-order valence-electron chi connectivity index (χ3n) is 4.70. The first-order valence-electron chi connectivity index (χ1n) is 8.85. The molecule has 6 heteroatoms. The molecule has 2 heterocycles. The lowest BCUT2D eigenvalue weighted by Crippen LogP contribution is -2.43. The number of carbonyl (C=O) groups excluding carboxylic acids is 2. The first kappa shape index (κ1) is 17.5. The molecule has 6 nitrogen and oxygen atoms in total. The maximum Gasteiger partial charge on any atom is 0.225 e. The summed E-state index contributed by atoms with van der Waals surface area (Å²) in [5.74, 6) is -0.196. The lowest BCUT2D eigenvalue weighted by atomic mass is 10.1. The average molecular weight is 342 g/mol. The van der Waals surface area contributed by atoms with Crippen molar-refractivity contribution in [3.8, 4) is 0 Å². The molecule has 3 rings (SSSR count). The molecule has 1 N–H and O–H groups in total. The van der Waals surface area contributed by atoms with E-state index in [4.69, 9.17) is 0 Å². The molecule has 1 aromatic carbocycles. The topological polar surface area (TPSA) is 67.2 Å². The number of rotatable bonds is 5. The molecular formula is C19H26N4O2. The highest BCUT2D eigenvalue weighted by Crippen LogP contribution is 2.25. The van der Waals surface area contributed by atoms with Crippen LogP contribution in [0.25, 0.3) is 10.9 Å². The molecule has 25 heavy (non-hydrogen) atoms. The molecule has 0 radical (unpaired) electrons. The van der Waals surface area contributed by atoms with E-state index in [9.17, 15) is 9.59 Å². The van der Waals surface area contributed by atoms with E-state index >= 15 is 0 Å². The number of benzene rings is 1. The first-order valence-corrected chi connectivity index (χ1v) is 8.85. The van der Waals surface area contributed by atoms with Crippen LogP contribution in [0.1, 0.15) is 33.6 Å². The summed E-state index contributed by atoms with van der Waals surface area (Å²) >= 11 is 0. The Hall–Kier alpha value is -2.37. The van der Waals surface area contributed by atoms with E-state index in [0.717, 1.165) is 23.9 Å². The number of hydrogen-bond donors (Lipinski definition) is 1. The van der Waals surface area contributed by atoms with Crippen molar-refractivity contribution in [1.82, 2.24) is 20.0 Å². The highest BCUT2D eigenvalue weighted by Gasteiger charge is 2.39. The predicted octanol–water partition coefficient (Wildman–Crippen LogP) is 2.19. The van der Waals surface area contributed by atoms with Crippen LogP contribution in [0, 0.1) is 5.92 Å². The minimum atomic E-state index is -0.239. The summed E-state index contributed by atoms with van der Waals surface area (Å²) in [6.07, 6.45) is 2.98. The van der Waals surface area contributed by atoms with Crippen LogP contribution in [0.4, 0.5) is 0 Å². The number of aromatic nitrogens is 2. The van der Waals surface area contributed by atoms with Crippen LogP contribution in [0.3, 0.4) is 0 Å². The Balaban J connectivity index is 1.46. The lowest BCUT2D eigenvalue weighted by Gasteiger charge is -2.31. The third-order valence-corrected chi connectivity index (χ3v) is 4.70. The Labute approximate surface area is 148 Å². The van der Waals surface area contributed by atoms with E-state index in [1.165, 1.54) is 0 Å². The molecule has 0 bridgehead atoms. The Morgan fingerprint density at radius 3 is 2.80 bits per heavy atom. The first-order chi connectivity index (χ1) is 11.9. The second kappa shape index (κ2) is 6.86. The van der Waals surface area contributed by atoms with Gasteiger partial charge in [0, 0.05) is 37.0 Å². The fourth-order valence-electron chi connectivity index (χ4n) is 3.32. The number of fused-ring (bicyclic) bond motifs is 1. The zero-order chi connectivity index (χ0) is 18.0. The maximum absolute atomic E-state index is 12.3. The number of amides is 2. The second-order valence-corrected chi connectivity index (χ2v) is 7.65. The fraction of sp³-hybridized carbons (Fsp3) is 0.526. The highest BCUT2D eigenvalue weighted by molar-refractivity contribution is 5.89. The SMILES string of the molecule is CC(C)(C)N1C[C@@H](C(=O)NCCCn2ncc3ccccc32)CC1=O. The van der Waals surface area contributed by atoms with Crippen LogP contribution in [-0.2, 0) is 16.1 Å². The van der Waals surface area contributed by atoms with Crippen LogP contribution < -0.4 is 5.32 Å². The van der Waals surface area contributed by atoms with Crippen molar-refractivity contribution in [3.63, 3.8) is 0 Å². The van der Waals surface area contributed by atoms with E-state index in [0.29, 0.717) is 19.5 Å². The summed E-state index contributed by atoms with van der Waals surface area (Å²) in [6, 6.07) is 8.09. The van der Waals surface area contributed by atoms with Crippen LogP contribution in [0.2, 0.25) is 0 Å². The molecule has 0 unspecified atom stereocenters. The van der Waals surface area contributed by atoms with Gasteiger partial charge < -0.3 is 10.2 Å². The molecule has 2 amide bonds. The maximum atomic E-state index is 12.3. The Bertz CT molecular complexity index is 775. The van der Waals surface area contributed by atoms with Crippen LogP contribution >= 0.6 is 0 Å². The summed E-state index contributed by atoms with van der Waals surface area (Å²) in [5, 5.41) is 8.48. The fourth-order valence-corrected chi connectivity index (χ4v) is 3.32. The zero-order valence-corrected chi connectivity index (χ0v) is 15.2. The van der Waals surface area contributed by atoms with Crippen LogP contribution in [0.5, 0.6) is 0 Å². The van der Waals surface area contributed by atoms with Crippen molar-refractivity contribution in [1.29, 1.82) is 0 Å². The smallest absolute Gasteiger partial charge is 0.225 e. The van der Waals surface area contributed by atoms with Gasteiger partial charge in [0.1, 0.15) is 0 Å². The standard InChI is InChI=1S/C19H26N4O2/c1-19(2,3)22-13-15(11-17(22)24)18(25)20-9-6-10-23-16-8-5-4-7-14(16)12-21-23/h4-5,7-8,12,15H,6,9-11,13H2,1-3H3,(H,20,25)/t15-/m0/s1. The molecule has 1 aliphatic heterocycles. The molecule has 0 saturated carbocycles. The molecule has 134 valence electrons. The van der Waals surface area contributed by atoms with E-state index < -0.39 is 0 Å². The molecule has 1 atom stereocenters. The number of nitrogens with zero attached hydrogens (tertiary/aromatic N) is 3. The third kappa shape index (κ3) is 3.83. The van der Waals surface area contributed by atoms with Crippen molar-refractivity contribution in [2.24, 2.45) is 5.92 Å². The summed E-state index contributed by atoms with van der Waals surface area (Å²) < 4.78 is 1.96. The predicted molar refractivity (Wildman–Crippen MR) is 96.9 cm³/mol. The number of hydrogen-bond acceptors (Lipinski definition) is 3. The van der Waals surface area contributed by atoms with Gasteiger partial charge >= 0.3 is 0 Å². The second-order valence-electron chi connectivity index (χ2n) is 7.65. The number of nitrogens with one attached hydrogen (secondary N) is 1. The van der Waals surface area contributed by atoms with E-state index in [-0.39, 0.29) is 23.3 Å². The Kier molecular flexibility index (Phi) is 4.79. The monoisotopic (exact) mass is 342 g/mol. The summed E-state index contributed by atoms with van der Waals surface area (Å²) in [4.78, 5) is 26.2. The van der Waals surface area contributed by atoms with Gasteiger partial charge in [-0.05, 0) is 33.3 Å². The minimum Gasteiger partial charge on any atom is -0.356 e. The number of carbonyl (C=O) groups is 2. The van der Waals surface area contributed by atoms with Gasteiger partial charge in [-0.25, -0.2) is 0 Å². The van der Waals surface area contributed by atoms with Crippen molar-refractivity contribution in [3.05, 3.63) is 30.5 Å². The molecule has 0 spiro atoms. The number of para-hydroxylation sites is 1. The lowest BCUT2D eigenvalue weighted by molar-refractivity contribution is -0.132. The molecular weight excluding hydrogens is 316 g/mol.